The molecule has 2 aromatic carbocycles. The molecule has 0 bridgehead atoms. The van der Waals surface area contributed by atoms with Crippen LogP contribution in [0, 0.1) is 10.1 Å². The van der Waals surface area contributed by atoms with E-state index < -0.39 is 22.4 Å². The molecule has 1 aliphatic rings. The van der Waals surface area contributed by atoms with Crippen LogP contribution in [-0.2, 0) is 11.3 Å². The van der Waals surface area contributed by atoms with Crippen molar-refractivity contribution in [3.63, 3.8) is 0 Å². The van der Waals surface area contributed by atoms with E-state index in [1.165, 1.54) is 25.1 Å². The van der Waals surface area contributed by atoms with Gasteiger partial charge in [-0.1, -0.05) is 0 Å². The van der Waals surface area contributed by atoms with Gasteiger partial charge in [-0.2, -0.15) is 0 Å². The molecule has 0 atom stereocenters. The Kier molecular flexibility index (Phi) is 4.38. The summed E-state index contributed by atoms with van der Waals surface area (Å²) in [6, 6.07) is 9.29. The predicted octanol–water partition coefficient (Wildman–Crippen LogP) is 2.46. The number of rotatable bonds is 4. The molecule has 4 rings (SSSR count). The molecule has 0 radical (unpaired) electrons. The minimum Gasteiger partial charge on any atom is -0.423 e. The van der Waals surface area contributed by atoms with Crippen molar-refractivity contribution in [1.82, 2.24) is 4.90 Å². The number of carbonyl (C=O) groups is 3. The quantitative estimate of drug-likeness (QED) is 0.303. The van der Waals surface area contributed by atoms with Crippen LogP contribution < -0.4 is 10.9 Å². The molecule has 0 saturated carbocycles. The Morgan fingerprint density at radius 3 is 2.50 bits per heavy atom. The fourth-order valence-corrected chi connectivity index (χ4v) is 3.35. The molecular formula is C20H13N3O7. The zero-order chi connectivity index (χ0) is 21.6. The topological polar surface area (TPSA) is 140 Å². The highest BCUT2D eigenvalue weighted by Gasteiger charge is 2.37. The third-order valence-electron chi connectivity index (χ3n) is 4.64. The Labute approximate surface area is 167 Å². The number of benzene rings is 2. The maximum absolute atomic E-state index is 12.7. The number of nitro groups is 1. The predicted molar refractivity (Wildman–Crippen MR) is 104 cm³/mol. The number of anilines is 1. The molecule has 1 aliphatic heterocycles. The van der Waals surface area contributed by atoms with E-state index >= 15 is 0 Å². The van der Waals surface area contributed by atoms with Crippen molar-refractivity contribution in [2.24, 2.45) is 0 Å². The van der Waals surface area contributed by atoms with E-state index in [0.29, 0.717) is 16.6 Å². The lowest BCUT2D eigenvalue weighted by Gasteiger charge is -2.15. The second kappa shape index (κ2) is 6.92. The van der Waals surface area contributed by atoms with Gasteiger partial charge in [-0.15, -0.1) is 0 Å². The number of nitrogens with one attached hydrogen (secondary N) is 1. The maximum atomic E-state index is 12.7. The van der Waals surface area contributed by atoms with Crippen molar-refractivity contribution in [3.8, 4) is 0 Å². The molecule has 3 aromatic rings. The lowest BCUT2D eigenvalue weighted by molar-refractivity contribution is -0.384. The van der Waals surface area contributed by atoms with Crippen LogP contribution in [0.25, 0.3) is 11.0 Å². The van der Waals surface area contributed by atoms with Crippen LogP contribution in [0.4, 0.5) is 11.4 Å². The van der Waals surface area contributed by atoms with Gasteiger partial charge in [0.2, 0.25) is 5.91 Å². The second-order valence-electron chi connectivity index (χ2n) is 6.67. The molecule has 150 valence electrons. The number of non-ortho nitro benzene ring substituents is 1. The van der Waals surface area contributed by atoms with Gasteiger partial charge in [0, 0.05) is 42.3 Å². The first-order valence-electron chi connectivity index (χ1n) is 8.73. The molecule has 1 N–H and O–H groups in total. The van der Waals surface area contributed by atoms with Crippen LogP contribution in [0.2, 0.25) is 0 Å². The van der Waals surface area contributed by atoms with Gasteiger partial charge in [-0.05, 0) is 23.8 Å². The van der Waals surface area contributed by atoms with Gasteiger partial charge in [-0.3, -0.25) is 29.4 Å². The number of fused-ring (bicyclic) bond motifs is 2. The van der Waals surface area contributed by atoms with Crippen LogP contribution in [0.3, 0.4) is 0 Å². The molecule has 0 aliphatic carbocycles. The van der Waals surface area contributed by atoms with E-state index in [2.05, 4.69) is 5.32 Å². The van der Waals surface area contributed by atoms with E-state index in [-0.39, 0.29) is 34.8 Å². The smallest absolute Gasteiger partial charge is 0.336 e. The van der Waals surface area contributed by atoms with Gasteiger partial charge in [0.05, 0.1) is 22.6 Å². The Hall–Kier alpha value is -4.34. The lowest BCUT2D eigenvalue weighted by atomic mass is 10.1. The first-order valence-corrected chi connectivity index (χ1v) is 8.73. The van der Waals surface area contributed by atoms with Gasteiger partial charge in [0.1, 0.15) is 5.58 Å². The molecule has 3 amide bonds. The van der Waals surface area contributed by atoms with Gasteiger partial charge >= 0.3 is 5.63 Å². The average Bonchev–Trinajstić information content (AvgIpc) is 2.91. The van der Waals surface area contributed by atoms with Gasteiger partial charge in [-0.25, -0.2) is 4.79 Å². The number of carbonyl (C=O) groups excluding carboxylic acids is 3. The Bertz CT molecular complexity index is 1330. The summed E-state index contributed by atoms with van der Waals surface area (Å²) in [7, 11) is 0. The van der Waals surface area contributed by atoms with Crippen LogP contribution >= 0.6 is 0 Å². The number of hydrogen-bond acceptors (Lipinski definition) is 7. The SMILES string of the molecule is CC(=O)Nc1ccc2c(CN3C(=O)c4ccc([N+](=O)[O-])cc4C3=O)cc(=O)oc2c1. The third-order valence-corrected chi connectivity index (χ3v) is 4.64. The summed E-state index contributed by atoms with van der Waals surface area (Å²) in [4.78, 5) is 59.9. The van der Waals surface area contributed by atoms with Gasteiger partial charge < -0.3 is 9.73 Å². The molecular weight excluding hydrogens is 394 g/mol. The molecule has 2 heterocycles. The molecule has 10 nitrogen and oxygen atoms in total. The summed E-state index contributed by atoms with van der Waals surface area (Å²) in [5.74, 6) is -1.59. The minimum atomic E-state index is -0.690. The lowest BCUT2D eigenvalue weighted by Crippen LogP contribution is -2.29. The highest BCUT2D eigenvalue weighted by molar-refractivity contribution is 6.21. The van der Waals surface area contributed by atoms with Crippen molar-refractivity contribution in [2.75, 3.05) is 5.32 Å². The number of nitrogens with zero attached hydrogens (tertiary/aromatic N) is 2. The Morgan fingerprint density at radius 1 is 1.07 bits per heavy atom. The molecule has 10 heteroatoms. The van der Waals surface area contributed by atoms with Crippen molar-refractivity contribution in [2.45, 2.75) is 13.5 Å². The first kappa shape index (κ1) is 19.0. The molecule has 1 aromatic heterocycles. The Balaban J connectivity index is 1.73. The average molecular weight is 407 g/mol. The largest absolute Gasteiger partial charge is 0.423 e. The number of imide groups is 1. The van der Waals surface area contributed by atoms with E-state index in [0.717, 1.165) is 17.0 Å². The second-order valence-corrected chi connectivity index (χ2v) is 6.67. The molecule has 30 heavy (non-hydrogen) atoms. The van der Waals surface area contributed by atoms with Crippen LogP contribution in [0.15, 0.2) is 51.7 Å². The summed E-state index contributed by atoms with van der Waals surface area (Å²) >= 11 is 0. The highest BCUT2D eigenvalue weighted by atomic mass is 16.6. The summed E-state index contributed by atoms with van der Waals surface area (Å²) in [5.41, 5.74) is -0.0306. The van der Waals surface area contributed by atoms with Crippen molar-refractivity contribution >= 4 is 40.1 Å². The Morgan fingerprint density at radius 2 is 1.80 bits per heavy atom. The van der Waals surface area contributed by atoms with E-state index in [4.69, 9.17) is 4.42 Å². The van der Waals surface area contributed by atoms with Gasteiger partial charge in [0.25, 0.3) is 17.5 Å². The normalized spacial score (nSPS) is 12.9. The fourth-order valence-electron chi connectivity index (χ4n) is 3.35. The monoisotopic (exact) mass is 407 g/mol. The van der Waals surface area contributed by atoms with Crippen molar-refractivity contribution < 1.29 is 23.7 Å². The minimum absolute atomic E-state index is 0.0607. The van der Waals surface area contributed by atoms with Crippen LogP contribution in [-0.4, -0.2) is 27.5 Å². The zero-order valence-corrected chi connectivity index (χ0v) is 15.5. The maximum Gasteiger partial charge on any atom is 0.336 e. The zero-order valence-electron chi connectivity index (χ0n) is 15.5. The van der Waals surface area contributed by atoms with Crippen molar-refractivity contribution in [3.05, 3.63) is 79.7 Å². The molecule has 0 spiro atoms. The van der Waals surface area contributed by atoms with E-state index in [9.17, 15) is 29.3 Å². The third kappa shape index (κ3) is 3.20. The summed E-state index contributed by atoms with van der Waals surface area (Å²) in [6.45, 7) is 1.12. The van der Waals surface area contributed by atoms with Crippen LogP contribution in [0.1, 0.15) is 33.2 Å². The van der Waals surface area contributed by atoms with E-state index in [1.54, 1.807) is 12.1 Å². The number of amides is 3. The molecule has 0 unspecified atom stereocenters. The van der Waals surface area contributed by atoms with Crippen molar-refractivity contribution in [1.29, 1.82) is 0 Å². The standard InChI is InChI=1S/C20H13N3O7/c1-10(24)21-12-2-4-14-11(6-18(25)30-17(14)7-12)9-22-19(26)15-5-3-13(23(28)29)8-16(15)20(22)27/h2-8H,9H2,1H3,(H,21,24). The molecule has 0 fully saturated rings. The molecule has 0 saturated heterocycles. The summed E-state index contributed by atoms with van der Waals surface area (Å²) in [6.07, 6.45) is 0. The van der Waals surface area contributed by atoms with Gasteiger partial charge in [0.15, 0.2) is 0 Å². The fraction of sp³-hybridized carbons (Fsp3) is 0.100. The number of hydrogen-bond donors (Lipinski definition) is 1. The van der Waals surface area contributed by atoms with E-state index in [1.807, 2.05) is 0 Å². The highest BCUT2D eigenvalue weighted by Crippen LogP contribution is 2.29. The van der Waals surface area contributed by atoms with Crippen LogP contribution in [0.5, 0.6) is 0 Å². The number of nitro benzene ring substituents is 1. The summed E-state index contributed by atoms with van der Waals surface area (Å²) < 4.78 is 5.18. The first-order chi connectivity index (χ1) is 14.2. The summed E-state index contributed by atoms with van der Waals surface area (Å²) in [5, 5.41) is 14.0.